The largest absolute Gasteiger partial charge is 1.00 e. The topological polar surface area (TPSA) is 17.1 Å². The van der Waals surface area contributed by atoms with Crippen molar-refractivity contribution >= 4 is 5.78 Å². The van der Waals surface area contributed by atoms with Gasteiger partial charge in [-0.05, 0) is 11.1 Å². The number of carbonyl (C=O) groups excluding carboxylic acids is 1. The summed E-state index contributed by atoms with van der Waals surface area (Å²) in [7, 11) is 6.56. The van der Waals surface area contributed by atoms with Gasteiger partial charge in [-0.15, -0.1) is 0 Å². The molecule has 0 heterocycles. The normalized spacial score (nSPS) is 13.0. The number of Topliss-reactive ketones (excluding diaryl/α,β-unsaturated/α-hetero) is 1. The molecule has 1 unspecified atom stereocenters. The van der Waals surface area contributed by atoms with Crippen molar-refractivity contribution < 1.29 is 21.7 Å². The highest BCUT2D eigenvalue weighted by atomic mass is 35.5. The standard InChI is InChI=1S/C22H30NO.ClH/c1-6-21(24)22(18(2)17-23(3,4)5,19-13-9-7-10-14-19)20-15-11-8-12-16-20;/h7-16,18H,6,17H2,1-5H3;1H/q+1;/p-1. The van der Waals surface area contributed by atoms with Gasteiger partial charge < -0.3 is 16.9 Å². The number of carbonyl (C=O) groups is 1. The first-order chi connectivity index (χ1) is 11.3. The highest BCUT2D eigenvalue weighted by Gasteiger charge is 2.47. The van der Waals surface area contributed by atoms with Crippen LogP contribution in [0.3, 0.4) is 0 Å². The Hall–Kier alpha value is -1.64. The molecule has 1 atom stereocenters. The third-order valence-electron chi connectivity index (χ3n) is 4.78. The van der Waals surface area contributed by atoms with Crippen LogP contribution in [-0.4, -0.2) is 38.0 Å². The Kier molecular flexibility index (Phi) is 7.40. The Balaban J connectivity index is 0.00000312. The molecular weight excluding hydrogens is 330 g/mol. The van der Waals surface area contributed by atoms with Crippen LogP contribution < -0.4 is 12.4 Å². The molecule has 25 heavy (non-hydrogen) atoms. The lowest BCUT2D eigenvalue weighted by Crippen LogP contribution is -3.00. The van der Waals surface area contributed by atoms with Crippen molar-refractivity contribution in [3.05, 3.63) is 71.8 Å². The Morgan fingerprint density at radius 2 is 1.32 bits per heavy atom. The summed E-state index contributed by atoms with van der Waals surface area (Å²) in [4.78, 5) is 13.4. The molecule has 0 aliphatic rings. The fraction of sp³-hybridized carbons (Fsp3) is 0.409. The van der Waals surface area contributed by atoms with Gasteiger partial charge in [-0.1, -0.05) is 74.5 Å². The van der Waals surface area contributed by atoms with Crippen LogP contribution in [0.4, 0.5) is 0 Å². The fourth-order valence-electron chi connectivity index (χ4n) is 3.97. The maximum absolute atomic E-state index is 13.4. The van der Waals surface area contributed by atoms with E-state index in [2.05, 4.69) is 52.3 Å². The van der Waals surface area contributed by atoms with E-state index in [1.807, 2.05) is 43.3 Å². The van der Waals surface area contributed by atoms with E-state index < -0.39 is 5.41 Å². The third kappa shape index (κ3) is 4.50. The first-order valence-corrected chi connectivity index (χ1v) is 8.77. The molecule has 2 rings (SSSR count). The molecule has 0 fully saturated rings. The van der Waals surface area contributed by atoms with Gasteiger partial charge in [0.2, 0.25) is 0 Å². The lowest BCUT2D eigenvalue weighted by molar-refractivity contribution is -0.874. The minimum Gasteiger partial charge on any atom is -1.00 e. The molecule has 0 N–H and O–H groups in total. The van der Waals surface area contributed by atoms with Crippen LogP contribution >= 0.6 is 0 Å². The van der Waals surface area contributed by atoms with Crippen molar-refractivity contribution in [2.24, 2.45) is 5.92 Å². The predicted octanol–water partition coefficient (Wildman–Crippen LogP) is 1.30. The number of hydrogen-bond donors (Lipinski definition) is 0. The highest BCUT2D eigenvalue weighted by molar-refractivity contribution is 5.94. The summed E-state index contributed by atoms with van der Waals surface area (Å²) in [5, 5.41) is 0. The number of benzene rings is 2. The number of quaternary nitrogens is 1. The molecule has 0 saturated carbocycles. The molecule has 0 saturated heterocycles. The summed E-state index contributed by atoms with van der Waals surface area (Å²) in [6.45, 7) is 5.12. The molecule has 2 aromatic rings. The van der Waals surface area contributed by atoms with Gasteiger partial charge in [-0.25, -0.2) is 0 Å². The maximum atomic E-state index is 13.4. The number of nitrogens with zero attached hydrogens (tertiary/aromatic N) is 1. The number of rotatable bonds is 7. The maximum Gasteiger partial charge on any atom is 0.148 e. The van der Waals surface area contributed by atoms with Crippen LogP contribution in [0.2, 0.25) is 0 Å². The van der Waals surface area contributed by atoms with E-state index in [4.69, 9.17) is 0 Å². The van der Waals surface area contributed by atoms with E-state index in [-0.39, 0.29) is 18.3 Å². The number of hydrogen-bond acceptors (Lipinski definition) is 1. The van der Waals surface area contributed by atoms with Crippen molar-refractivity contribution in [1.82, 2.24) is 0 Å². The summed E-state index contributed by atoms with van der Waals surface area (Å²) in [6.07, 6.45) is 0.533. The van der Waals surface area contributed by atoms with Crippen LogP contribution in [0.1, 0.15) is 31.4 Å². The quantitative estimate of drug-likeness (QED) is 0.681. The third-order valence-corrected chi connectivity index (χ3v) is 4.78. The first-order valence-electron chi connectivity index (χ1n) is 8.77. The molecule has 3 heteroatoms. The lowest BCUT2D eigenvalue weighted by Gasteiger charge is -2.41. The zero-order chi connectivity index (χ0) is 17.8. The molecule has 0 aliphatic heterocycles. The molecule has 2 aromatic carbocycles. The monoisotopic (exact) mass is 359 g/mol. The van der Waals surface area contributed by atoms with Gasteiger partial charge in [0.25, 0.3) is 0 Å². The van der Waals surface area contributed by atoms with Crippen LogP contribution in [0.5, 0.6) is 0 Å². The minimum atomic E-state index is -0.594. The van der Waals surface area contributed by atoms with Crippen molar-refractivity contribution in [3.63, 3.8) is 0 Å². The molecule has 0 bridgehead atoms. The van der Waals surface area contributed by atoms with E-state index in [9.17, 15) is 4.79 Å². The van der Waals surface area contributed by atoms with Crippen molar-refractivity contribution in [3.8, 4) is 0 Å². The van der Waals surface area contributed by atoms with Crippen molar-refractivity contribution in [2.75, 3.05) is 27.7 Å². The Labute approximate surface area is 158 Å². The summed E-state index contributed by atoms with van der Waals surface area (Å²) in [6, 6.07) is 20.6. The molecule has 0 spiro atoms. The van der Waals surface area contributed by atoms with Gasteiger partial charge in [0, 0.05) is 12.3 Å². The molecule has 0 amide bonds. The number of halogens is 1. The summed E-state index contributed by atoms with van der Waals surface area (Å²) in [5.41, 5.74) is 1.61. The van der Waals surface area contributed by atoms with Crippen molar-refractivity contribution in [2.45, 2.75) is 25.7 Å². The van der Waals surface area contributed by atoms with E-state index in [0.717, 1.165) is 22.2 Å². The van der Waals surface area contributed by atoms with Crippen LogP contribution in [0.15, 0.2) is 60.7 Å². The van der Waals surface area contributed by atoms with E-state index >= 15 is 0 Å². The van der Waals surface area contributed by atoms with Crippen LogP contribution in [0, 0.1) is 5.92 Å². The molecule has 0 radical (unpaired) electrons. The summed E-state index contributed by atoms with van der Waals surface area (Å²) >= 11 is 0. The zero-order valence-electron chi connectivity index (χ0n) is 16.0. The van der Waals surface area contributed by atoms with Gasteiger partial charge in [-0.3, -0.25) is 4.79 Å². The fourth-order valence-corrected chi connectivity index (χ4v) is 3.97. The Morgan fingerprint density at radius 3 is 1.64 bits per heavy atom. The smallest absolute Gasteiger partial charge is 0.148 e. The second kappa shape index (κ2) is 8.64. The Bertz CT molecular complexity index is 622. The molecule has 2 nitrogen and oxygen atoms in total. The van der Waals surface area contributed by atoms with Gasteiger partial charge >= 0.3 is 0 Å². The zero-order valence-corrected chi connectivity index (χ0v) is 16.8. The highest BCUT2D eigenvalue weighted by Crippen LogP contribution is 2.41. The average molecular weight is 360 g/mol. The molecule has 0 aromatic heterocycles. The van der Waals surface area contributed by atoms with Gasteiger partial charge in [-0.2, -0.15) is 0 Å². The second-order valence-corrected chi connectivity index (χ2v) is 7.69. The predicted molar refractivity (Wildman–Crippen MR) is 101 cm³/mol. The van der Waals surface area contributed by atoms with Crippen LogP contribution in [-0.2, 0) is 10.2 Å². The average Bonchev–Trinajstić information content (AvgIpc) is 2.55. The van der Waals surface area contributed by atoms with Crippen molar-refractivity contribution in [1.29, 1.82) is 0 Å². The SMILES string of the molecule is CCC(=O)C(c1ccccc1)(c1ccccc1)C(C)C[N+](C)(C)C.[Cl-]. The molecular formula is C22H30ClNO. The van der Waals surface area contributed by atoms with E-state index in [0.29, 0.717) is 12.2 Å². The van der Waals surface area contributed by atoms with Gasteiger partial charge in [0.1, 0.15) is 5.78 Å². The second-order valence-electron chi connectivity index (χ2n) is 7.69. The van der Waals surface area contributed by atoms with E-state index in [1.54, 1.807) is 0 Å². The van der Waals surface area contributed by atoms with E-state index in [1.165, 1.54) is 0 Å². The van der Waals surface area contributed by atoms with Gasteiger partial charge in [0.15, 0.2) is 0 Å². The Morgan fingerprint density at radius 1 is 0.920 bits per heavy atom. The lowest BCUT2D eigenvalue weighted by atomic mass is 9.63. The first kappa shape index (κ1) is 21.4. The molecule has 136 valence electrons. The van der Waals surface area contributed by atoms with Gasteiger partial charge in [0.05, 0.1) is 33.1 Å². The summed E-state index contributed by atoms with van der Waals surface area (Å²) < 4.78 is 0.833. The molecule has 0 aliphatic carbocycles. The van der Waals surface area contributed by atoms with Crippen LogP contribution in [0.25, 0.3) is 0 Å². The summed E-state index contributed by atoms with van der Waals surface area (Å²) in [5.74, 6) is 0.482. The minimum absolute atomic E-state index is 0. The number of ketones is 1.